The molecule has 0 bridgehead atoms. The second kappa shape index (κ2) is 7.78. The van der Waals surface area contributed by atoms with Gasteiger partial charge in [0, 0.05) is 32.0 Å². The van der Waals surface area contributed by atoms with Gasteiger partial charge in [0.2, 0.25) is 5.91 Å². The largest absolute Gasteiger partial charge is 0.350 e. The van der Waals surface area contributed by atoms with Crippen LogP contribution in [-0.2, 0) is 14.3 Å². The van der Waals surface area contributed by atoms with Gasteiger partial charge in [-0.1, -0.05) is 12.1 Å². The SMILES string of the molecule is O=C(CCCN1C(=O)c2ccccc2C1=O)N1CCC(C2OCCO2)CC1. The lowest BCUT2D eigenvalue weighted by Crippen LogP contribution is -2.41. The molecule has 27 heavy (non-hydrogen) atoms. The van der Waals surface area contributed by atoms with Gasteiger partial charge in [-0.3, -0.25) is 19.3 Å². The van der Waals surface area contributed by atoms with Crippen LogP contribution >= 0.6 is 0 Å². The van der Waals surface area contributed by atoms with Gasteiger partial charge in [-0.25, -0.2) is 0 Å². The van der Waals surface area contributed by atoms with Gasteiger partial charge in [-0.05, 0) is 31.4 Å². The minimum Gasteiger partial charge on any atom is -0.350 e. The van der Waals surface area contributed by atoms with Gasteiger partial charge in [0.25, 0.3) is 11.8 Å². The highest BCUT2D eigenvalue weighted by Crippen LogP contribution is 2.26. The number of benzene rings is 1. The first kappa shape index (κ1) is 18.1. The van der Waals surface area contributed by atoms with Gasteiger partial charge < -0.3 is 14.4 Å². The van der Waals surface area contributed by atoms with E-state index >= 15 is 0 Å². The van der Waals surface area contributed by atoms with E-state index in [0.717, 1.165) is 12.8 Å². The summed E-state index contributed by atoms with van der Waals surface area (Å²) in [5.41, 5.74) is 0.902. The van der Waals surface area contributed by atoms with Crippen molar-refractivity contribution in [1.82, 2.24) is 9.80 Å². The molecule has 0 N–H and O–H groups in total. The van der Waals surface area contributed by atoms with Gasteiger partial charge in [0.1, 0.15) is 0 Å². The highest BCUT2D eigenvalue weighted by molar-refractivity contribution is 6.21. The van der Waals surface area contributed by atoms with E-state index in [4.69, 9.17) is 9.47 Å². The predicted octanol–water partition coefficient (Wildman–Crippen LogP) is 1.67. The molecule has 2 fully saturated rings. The lowest BCUT2D eigenvalue weighted by molar-refractivity contribution is -0.137. The molecule has 0 radical (unpaired) electrons. The Morgan fingerprint density at radius 3 is 2.19 bits per heavy atom. The molecule has 0 saturated carbocycles. The topological polar surface area (TPSA) is 76.2 Å². The van der Waals surface area contributed by atoms with E-state index in [1.54, 1.807) is 24.3 Å². The molecular weight excluding hydrogens is 348 g/mol. The fourth-order valence-corrected chi connectivity index (χ4v) is 4.06. The number of piperidine rings is 1. The molecule has 0 aromatic heterocycles. The molecule has 0 unspecified atom stereocenters. The van der Waals surface area contributed by atoms with Crippen molar-refractivity contribution in [3.8, 4) is 0 Å². The molecule has 144 valence electrons. The van der Waals surface area contributed by atoms with E-state index in [1.165, 1.54) is 4.90 Å². The number of likely N-dealkylation sites (tertiary alicyclic amines) is 1. The summed E-state index contributed by atoms with van der Waals surface area (Å²) in [6.07, 6.45) is 2.48. The Hall–Kier alpha value is -2.25. The van der Waals surface area contributed by atoms with Crippen LogP contribution < -0.4 is 0 Å². The molecule has 7 nitrogen and oxygen atoms in total. The number of hydrogen-bond acceptors (Lipinski definition) is 5. The van der Waals surface area contributed by atoms with Crippen LogP contribution in [-0.4, -0.2) is 66.7 Å². The Balaban J connectivity index is 1.23. The predicted molar refractivity (Wildman–Crippen MR) is 96.0 cm³/mol. The van der Waals surface area contributed by atoms with Crippen molar-refractivity contribution in [2.75, 3.05) is 32.8 Å². The van der Waals surface area contributed by atoms with Crippen LogP contribution in [0.3, 0.4) is 0 Å². The number of carbonyl (C=O) groups is 3. The minimum atomic E-state index is -0.263. The van der Waals surface area contributed by atoms with Crippen LogP contribution in [0.25, 0.3) is 0 Å². The molecule has 4 rings (SSSR count). The second-order valence-corrected chi connectivity index (χ2v) is 7.24. The molecule has 3 aliphatic heterocycles. The first-order valence-corrected chi connectivity index (χ1v) is 9.61. The van der Waals surface area contributed by atoms with Crippen LogP contribution in [0.15, 0.2) is 24.3 Å². The summed E-state index contributed by atoms with van der Waals surface area (Å²) in [4.78, 5) is 40.2. The summed E-state index contributed by atoms with van der Waals surface area (Å²) in [5, 5.41) is 0. The van der Waals surface area contributed by atoms with Gasteiger partial charge in [0.05, 0.1) is 24.3 Å². The molecule has 3 heterocycles. The number of rotatable bonds is 5. The molecule has 1 aromatic rings. The summed E-state index contributed by atoms with van der Waals surface area (Å²) < 4.78 is 11.1. The maximum absolute atomic E-state index is 12.5. The zero-order valence-corrected chi connectivity index (χ0v) is 15.3. The normalized spacial score (nSPS) is 21.2. The highest BCUT2D eigenvalue weighted by Gasteiger charge is 2.35. The second-order valence-electron chi connectivity index (χ2n) is 7.24. The molecule has 3 aliphatic rings. The molecule has 0 aliphatic carbocycles. The third kappa shape index (κ3) is 3.61. The Labute approximate surface area is 158 Å². The molecule has 2 saturated heterocycles. The molecule has 3 amide bonds. The highest BCUT2D eigenvalue weighted by atomic mass is 16.7. The number of nitrogens with zero attached hydrogens (tertiary/aromatic N) is 2. The maximum Gasteiger partial charge on any atom is 0.261 e. The van der Waals surface area contributed by atoms with E-state index < -0.39 is 0 Å². The van der Waals surface area contributed by atoms with Gasteiger partial charge in [0.15, 0.2) is 6.29 Å². The van der Waals surface area contributed by atoms with Gasteiger partial charge >= 0.3 is 0 Å². The third-order valence-corrected chi connectivity index (χ3v) is 5.58. The summed E-state index contributed by atoms with van der Waals surface area (Å²) in [6, 6.07) is 6.84. The lowest BCUT2D eigenvalue weighted by Gasteiger charge is -2.34. The van der Waals surface area contributed by atoms with Crippen molar-refractivity contribution in [1.29, 1.82) is 0 Å². The maximum atomic E-state index is 12.5. The van der Waals surface area contributed by atoms with Crippen LogP contribution in [0.5, 0.6) is 0 Å². The fourth-order valence-electron chi connectivity index (χ4n) is 4.06. The van der Waals surface area contributed by atoms with Crippen molar-refractivity contribution < 1.29 is 23.9 Å². The first-order chi connectivity index (χ1) is 13.1. The number of imide groups is 1. The smallest absolute Gasteiger partial charge is 0.261 e. The van der Waals surface area contributed by atoms with E-state index in [2.05, 4.69) is 0 Å². The Kier molecular flexibility index (Phi) is 5.22. The van der Waals surface area contributed by atoms with E-state index in [-0.39, 0.29) is 30.6 Å². The first-order valence-electron chi connectivity index (χ1n) is 9.61. The average Bonchev–Trinajstić information content (AvgIpc) is 3.32. The Morgan fingerprint density at radius 2 is 1.59 bits per heavy atom. The summed E-state index contributed by atoms with van der Waals surface area (Å²) in [7, 11) is 0. The van der Waals surface area contributed by atoms with Crippen LogP contribution in [0.4, 0.5) is 0 Å². The summed E-state index contributed by atoms with van der Waals surface area (Å²) >= 11 is 0. The van der Waals surface area contributed by atoms with E-state index in [0.29, 0.717) is 56.2 Å². The average molecular weight is 372 g/mol. The van der Waals surface area contributed by atoms with Crippen molar-refractivity contribution in [3.05, 3.63) is 35.4 Å². The third-order valence-electron chi connectivity index (χ3n) is 5.58. The Morgan fingerprint density at radius 1 is 1.00 bits per heavy atom. The van der Waals surface area contributed by atoms with Crippen LogP contribution in [0.1, 0.15) is 46.4 Å². The number of amides is 3. The summed E-state index contributed by atoms with van der Waals surface area (Å²) in [5.74, 6) is -0.0888. The van der Waals surface area contributed by atoms with Crippen molar-refractivity contribution in [2.24, 2.45) is 5.92 Å². The molecule has 0 spiro atoms. The monoisotopic (exact) mass is 372 g/mol. The molecule has 7 heteroatoms. The van der Waals surface area contributed by atoms with Crippen molar-refractivity contribution in [2.45, 2.75) is 32.0 Å². The number of hydrogen-bond donors (Lipinski definition) is 0. The van der Waals surface area contributed by atoms with Gasteiger partial charge in [-0.15, -0.1) is 0 Å². The van der Waals surface area contributed by atoms with Gasteiger partial charge in [-0.2, -0.15) is 0 Å². The minimum absolute atomic E-state index is 0.0818. The van der Waals surface area contributed by atoms with E-state index in [1.807, 2.05) is 4.90 Å². The Bertz CT molecular complexity index is 701. The molecule has 0 atom stereocenters. The van der Waals surface area contributed by atoms with E-state index in [9.17, 15) is 14.4 Å². The zero-order chi connectivity index (χ0) is 18.8. The fraction of sp³-hybridized carbons (Fsp3) is 0.550. The number of ether oxygens (including phenoxy) is 2. The van der Waals surface area contributed by atoms with Crippen molar-refractivity contribution in [3.63, 3.8) is 0 Å². The number of carbonyl (C=O) groups excluding carboxylic acids is 3. The molecular formula is C20H24N2O5. The zero-order valence-electron chi connectivity index (χ0n) is 15.3. The quantitative estimate of drug-likeness (QED) is 0.735. The van der Waals surface area contributed by atoms with Crippen LogP contribution in [0, 0.1) is 5.92 Å². The molecule has 1 aromatic carbocycles. The van der Waals surface area contributed by atoms with Crippen LogP contribution in [0.2, 0.25) is 0 Å². The number of fused-ring (bicyclic) bond motifs is 1. The summed E-state index contributed by atoms with van der Waals surface area (Å²) in [6.45, 7) is 3.00. The lowest BCUT2D eigenvalue weighted by atomic mass is 9.96. The standard InChI is InChI=1S/C20H24N2O5/c23-17(21-10-7-14(8-11-21)20-26-12-13-27-20)6-3-9-22-18(24)15-4-1-2-5-16(15)19(22)25/h1-2,4-5,14,20H,3,6-13H2. The van der Waals surface area contributed by atoms with Crippen molar-refractivity contribution >= 4 is 17.7 Å².